The van der Waals surface area contributed by atoms with E-state index in [1.807, 2.05) is 6.92 Å². The lowest BCUT2D eigenvalue weighted by molar-refractivity contribution is -0.142. The van der Waals surface area contributed by atoms with Gasteiger partial charge in [-0.1, -0.05) is 6.92 Å². The van der Waals surface area contributed by atoms with Crippen molar-refractivity contribution in [3.8, 4) is 0 Å². The summed E-state index contributed by atoms with van der Waals surface area (Å²) >= 11 is 0. The van der Waals surface area contributed by atoms with Gasteiger partial charge >= 0.3 is 5.97 Å². The number of carboxylic acids is 1. The molecule has 0 aromatic carbocycles. The molecule has 2 N–H and O–H groups in total. The molecule has 1 amide bonds. The molecule has 0 aliphatic carbocycles. The molecule has 3 unspecified atom stereocenters. The Balaban J connectivity index is 2.14. The summed E-state index contributed by atoms with van der Waals surface area (Å²) in [5, 5.41) is 12.1. The smallest absolute Gasteiger partial charge is 0.305 e. The summed E-state index contributed by atoms with van der Waals surface area (Å²) in [5.74, 6) is -1.42. The van der Waals surface area contributed by atoms with Crippen LogP contribution < -0.4 is 5.32 Å². The molecule has 3 atom stereocenters. The van der Waals surface area contributed by atoms with Gasteiger partial charge in [0, 0.05) is 6.54 Å². The third-order valence-corrected chi connectivity index (χ3v) is 5.96. The van der Waals surface area contributed by atoms with E-state index in [0.29, 0.717) is 0 Å². The zero-order chi connectivity index (χ0) is 15.6. The fraction of sp³-hybridized carbons (Fsp3) is 0.846. The van der Waals surface area contributed by atoms with E-state index in [0.717, 1.165) is 19.4 Å². The Morgan fingerprint density at radius 1 is 1.38 bits per heavy atom. The van der Waals surface area contributed by atoms with Crippen molar-refractivity contribution in [3.05, 3.63) is 0 Å². The molecule has 0 radical (unpaired) electrons. The molecule has 0 aromatic rings. The van der Waals surface area contributed by atoms with Crippen LogP contribution in [-0.4, -0.2) is 67.0 Å². The van der Waals surface area contributed by atoms with E-state index in [4.69, 9.17) is 5.11 Å². The molecule has 21 heavy (non-hydrogen) atoms. The van der Waals surface area contributed by atoms with Crippen LogP contribution in [0.4, 0.5) is 0 Å². The van der Waals surface area contributed by atoms with Crippen LogP contribution >= 0.6 is 0 Å². The van der Waals surface area contributed by atoms with Gasteiger partial charge in [0.25, 0.3) is 0 Å². The third kappa shape index (κ3) is 3.94. The minimum absolute atomic E-state index is 0.0873. The maximum atomic E-state index is 12.6. The van der Waals surface area contributed by atoms with Gasteiger partial charge in [0.05, 0.1) is 30.0 Å². The summed E-state index contributed by atoms with van der Waals surface area (Å²) in [6, 6.07) is -1.10. The number of sulfone groups is 1. The van der Waals surface area contributed by atoms with E-state index in [9.17, 15) is 18.0 Å². The first kappa shape index (κ1) is 16.2. The van der Waals surface area contributed by atoms with Gasteiger partial charge in [0.2, 0.25) is 5.91 Å². The molecule has 2 fully saturated rings. The first-order valence-corrected chi connectivity index (χ1v) is 9.08. The van der Waals surface area contributed by atoms with Crippen molar-refractivity contribution in [1.82, 2.24) is 10.2 Å². The van der Waals surface area contributed by atoms with E-state index in [1.165, 1.54) is 4.90 Å². The van der Waals surface area contributed by atoms with E-state index in [1.54, 1.807) is 0 Å². The summed E-state index contributed by atoms with van der Waals surface area (Å²) in [5.41, 5.74) is 0. The number of nitrogens with zero attached hydrogens (tertiary/aromatic N) is 1. The second-order valence-corrected chi connectivity index (χ2v) is 8.18. The normalized spacial score (nSPS) is 32.6. The highest BCUT2D eigenvalue weighted by atomic mass is 32.2. The average Bonchev–Trinajstić information content (AvgIpc) is 2.37. The van der Waals surface area contributed by atoms with Crippen LogP contribution in [0.25, 0.3) is 0 Å². The maximum Gasteiger partial charge on any atom is 0.305 e. The van der Waals surface area contributed by atoms with Crippen LogP contribution in [0.3, 0.4) is 0 Å². The van der Waals surface area contributed by atoms with E-state index in [-0.39, 0.29) is 42.3 Å². The Hall–Kier alpha value is -1.15. The quantitative estimate of drug-likeness (QED) is 0.725. The molecule has 0 aromatic heterocycles. The fourth-order valence-electron chi connectivity index (χ4n) is 3.11. The van der Waals surface area contributed by atoms with Crippen LogP contribution in [0.15, 0.2) is 0 Å². The lowest BCUT2D eigenvalue weighted by Crippen LogP contribution is -2.59. The molecule has 2 saturated heterocycles. The highest BCUT2D eigenvalue weighted by Gasteiger charge is 2.39. The summed E-state index contributed by atoms with van der Waals surface area (Å²) in [7, 11) is -3.27. The number of carbonyl (C=O) groups excluding carboxylic acids is 1. The topological polar surface area (TPSA) is 104 Å². The number of hydrogen-bond donors (Lipinski definition) is 2. The molecule has 2 aliphatic rings. The van der Waals surface area contributed by atoms with Crippen molar-refractivity contribution in [3.63, 3.8) is 0 Å². The Morgan fingerprint density at radius 2 is 2.10 bits per heavy atom. The number of carboxylic acid groups (broad SMARTS) is 1. The largest absolute Gasteiger partial charge is 0.481 e. The first-order valence-electron chi connectivity index (χ1n) is 7.26. The molecule has 2 aliphatic heterocycles. The zero-order valence-electron chi connectivity index (χ0n) is 12.1. The second kappa shape index (κ2) is 6.31. The molecule has 8 heteroatoms. The Bertz CT molecular complexity index is 519. The number of aliphatic carboxylic acids is 1. The molecule has 120 valence electrons. The minimum atomic E-state index is -3.27. The zero-order valence-corrected chi connectivity index (χ0v) is 12.9. The molecule has 2 rings (SSSR count). The van der Waals surface area contributed by atoms with Crippen molar-refractivity contribution in [2.24, 2.45) is 5.92 Å². The van der Waals surface area contributed by atoms with Crippen LogP contribution in [0.1, 0.15) is 26.2 Å². The number of rotatable bonds is 3. The average molecular weight is 318 g/mol. The number of hydrogen-bond acceptors (Lipinski definition) is 5. The number of nitrogens with one attached hydrogen (secondary N) is 1. The van der Waals surface area contributed by atoms with Crippen LogP contribution in [0.2, 0.25) is 0 Å². The number of carbonyl (C=O) groups is 2. The molecular weight excluding hydrogens is 296 g/mol. The van der Waals surface area contributed by atoms with Crippen molar-refractivity contribution in [1.29, 1.82) is 0 Å². The molecule has 0 bridgehead atoms. The van der Waals surface area contributed by atoms with Crippen molar-refractivity contribution < 1.29 is 23.1 Å². The summed E-state index contributed by atoms with van der Waals surface area (Å²) in [4.78, 5) is 25.0. The van der Waals surface area contributed by atoms with Crippen LogP contribution in [-0.2, 0) is 19.4 Å². The number of piperidine rings is 1. The minimum Gasteiger partial charge on any atom is -0.481 e. The molecule has 2 heterocycles. The Morgan fingerprint density at radius 3 is 2.71 bits per heavy atom. The first-order chi connectivity index (χ1) is 9.80. The predicted octanol–water partition coefficient (Wildman–Crippen LogP) is -0.525. The Labute approximate surface area is 124 Å². The highest BCUT2D eigenvalue weighted by Crippen LogP contribution is 2.22. The van der Waals surface area contributed by atoms with E-state index in [2.05, 4.69) is 5.32 Å². The monoisotopic (exact) mass is 318 g/mol. The summed E-state index contributed by atoms with van der Waals surface area (Å²) in [6.45, 7) is 2.84. The lowest BCUT2D eigenvalue weighted by atomic mass is 9.91. The van der Waals surface area contributed by atoms with Crippen molar-refractivity contribution >= 4 is 21.7 Å². The molecule has 7 nitrogen and oxygen atoms in total. The van der Waals surface area contributed by atoms with Crippen molar-refractivity contribution in [2.75, 3.05) is 24.6 Å². The molecular formula is C13H22N2O5S. The van der Waals surface area contributed by atoms with E-state index < -0.39 is 21.8 Å². The lowest BCUT2D eigenvalue weighted by Gasteiger charge is -2.39. The van der Waals surface area contributed by atoms with Gasteiger partial charge in [0.15, 0.2) is 9.84 Å². The van der Waals surface area contributed by atoms with Crippen molar-refractivity contribution in [2.45, 2.75) is 38.3 Å². The van der Waals surface area contributed by atoms with Gasteiger partial charge in [-0.15, -0.1) is 0 Å². The fourth-order valence-corrected chi connectivity index (χ4v) is 4.63. The molecule has 0 spiro atoms. The van der Waals surface area contributed by atoms with Gasteiger partial charge < -0.3 is 15.3 Å². The van der Waals surface area contributed by atoms with Gasteiger partial charge in [-0.05, 0) is 25.3 Å². The maximum absolute atomic E-state index is 12.6. The third-order valence-electron chi connectivity index (χ3n) is 4.26. The second-order valence-electron chi connectivity index (χ2n) is 5.95. The van der Waals surface area contributed by atoms with Crippen LogP contribution in [0.5, 0.6) is 0 Å². The summed E-state index contributed by atoms with van der Waals surface area (Å²) in [6.07, 6.45) is 1.63. The molecule has 0 saturated carbocycles. The van der Waals surface area contributed by atoms with E-state index >= 15 is 0 Å². The summed E-state index contributed by atoms with van der Waals surface area (Å²) < 4.78 is 23.4. The van der Waals surface area contributed by atoms with Gasteiger partial charge in [-0.2, -0.15) is 0 Å². The predicted molar refractivity (Wildman–Crippen MR) is 76.6 cm³/mol. The van der Waals surface area contributed by atoms with Gasteiger partial charge in [0.1, 0.15) is 0 Å². The standard InChI is InChI=1S/C13H22N2O5S/c1-9-3-2-4-14-12(9)13(18)15-5-6-21(19,20)8-10(15)7-11(16)17/h9-10,12,14H,2-8H2,1H3,(H,16,17). The highest BCUT2D eigenvalue weighted by molar-refractivity contribution is 7.91. The van der Waals surface area contributed by atoms with Gasteiger partial charge in [-0.25, -0.2) is 8.42 Å². The van der Waals surface area contributed by atoms with Crippen LogP contribution in [0, 0.1) is 5.92 Å². The van der Waals surface area contributed by atoms with Gasteiger partial charge in [-0.3, -0.25) is 9.59 Å². The Kier molecular flexibility index (Phi) is 4.88. The SMILES string of the molecule is CC1CCCNC1C(=O)N1CCS(=O)(=O)CC1CC(=O)O. The number of amides is 1.